The van der Waals surface area contributed by atoms with Crippen LogP contribution in [0.3, 0.4) is 0 Å². The Morgan fingerprint density at radius 2 is 1.92 bits per heavy atom. The summed E-state index contributed by atoms with van der Waals surface area (Å²) in [5.74, 6) is 3.15. The molecule has 0 bridgehead atoms. The minimum absolute atomic E-state index is 0.0804. The van der Waals surface area contributed by atoms with Gasteiger partial charge in [0.2, 0.25) is 5.95 Å². The Bertz CT molecular complexity index is 1200. The summed E-state index contributed by atoms with van der Waals surface area (Å²) < 4.78 is 7.63. The number of ether oxygens (including phenoxy) is 1. The molecule has 2 saturated heterocycles. The van der Waals surface area contributed by atoms with E-state index in [0.717, 1.165) is 66.8 Å². The first-order valence-corrected chi connectivity index (χ1v) is 13.3. The molecule has 0 saturated carbocycles. The fourth-order valence-corrected chi connectivity index (χ4v) is 5.97. The predicted octanol–water partition coefficient (Wildman–Crippen LogP) is 1.82. The average molecular weight is 510 g/mol. The van der Waals surface area contributed by atoms with Gasteiger partial charge in [-0.1, -0.05) is 13.3 Å². The number of fused-ring (bicyclic) bond motifs is 2. The number of nitrogen functional groups attached to an aromatic ring is 1. The van der Waals surface area contributed by atoms with Crippen molar-refractivity contribution in [3.05, 3.63) is 29.7 Å². The molecule has 37 heavy (non-hydrogen) atoms. The first kappa shape index (κ1) is 25.6. The maximum Gasteiger partial charge on any atom is 0.222 e. The summed E-state index contributed by atoms with van der Waals surface area (Å²) in [6.45, 7) is 8.18. The van der Waals surface area contributed by atoms with Gasteiger partial charge < -0.3 is 25.8 Å². The Labute approximate surface area is 218 Å². The summed E-state index contributed by atoms with van der Waals surface area (Å²) in [6.07, 6.45) is 6.13. The number of aliphatic hydroxyl groups excluding tert-OH is 1. The maximum atomic E-state index is 9.50. The minimum atomic E-state index is 0.0804. The van der Waals surface area contributed by atoms with Crippen molar-refractivity contribution in [3.63, 3.8) is 0 Å². The summed E-state index contributed by atoms with van der Waals surface area (Å²) in [5, 5.41) is 17.6. The van der Waals surface area contributed by atoms with E-state index in [9.17, 15) is 5.11 Å². The van der Waals surface area contributed by atoms with Gasteiger partial charge in [0.1, 0.15) is 16.8 Å². The van der Waals surface area contributed by atoms with Gasteiger partial charge in [-0.05, 0) is 31.7 Å². The largest absolute Gasteiger partial charge is 0.496 e. The predicted molar refractivity (Wildman–Crippen MR) is 143 cm³/mol. The number of methoxy groups -OCH3 is 1. The number of nitrogens with one attached hydrogen (secondary N) is 1. The van der Waals surface area contributed by atoms with Gasteiger partial charge in [-0.2, -0.15) is 10.1 Å². The minimum Gasteiger partial charge on any atom is -0.496 e. The van der Waals surface area contributed by atoms with Crippen molar-refractivity contribution in [2.45, 2.75) is 45.3 Å². The first-order valence-electron chi connectivity index (χ1n) is 13.3. The topological polar surface area (TPSA) is 130 Å². The lowest BCUT2D eigenvalue weighted by atomic mass is 10.0. The molecule has 3 aromatic rings. The SMILES string of the molecule is CCC[C@@H](CCO)Nc1nc(N)nc2cnn(Cc3cnc(CN4C[C@H]5CN(C)C[C@H]5C4)cc3OC)c12. The second kappa shape index (κ2) is 11.2. The lowest BCUT2D eigenvalue weighted by molar-refractivity contribution is 0.269. The zero-order valence-electron chi connectivity index (χ0n) is 22.1. The van der Waals surface area contributed by atoms with Crippen molar-refractivity contribution in [1.29, 1.82) is 0 Å². The molecule has 2 aliphatic rings. The monoisotopic (exact) mass is 509 g/mol. The summed E-state index contributed by atoms with van der Waals surface area (Å²) in [7, 11) is 3.91. The Hall–Kier alpha value is -3.02. The Morgan fingerprint density at radius 3 is 2.62 bits per heavy atom. The third kappa shape index (κ3) is 5.63. The van der Waals surface area contributed by atoms with E-state index in [1.165, 1.54) is 13.1 Å². The van der Waals surface area contributed by atoms with Crippen LogP contribution in [0.2, 0.25) is 0 Å². The number of pyridine rings is 1. The quantitative estimate of drug-likeness (QED) is 0.352. The van der Waals surface area contributed by atoms with E-state index in [1.54, 1.807) is 13.3 Å². The molecule has 0 spiro atoms. The van der Waals surface area contributed by atoms with E-state index in [1.807, 2.05) is 16.9 Å². The van der Waals surface area contributed by atoms with Crippen LogP contribution in [0.25, 0.3) is 11.0 Å². The van der Waals surface area contributed by atoms with Crippen molar-refractivity contribution in [1.82, 2.24) is 34.5 Å². The lowest BCUT2D eigenvalue weighted by Crippen LogP contribution is -2.26. The molecule has 200 valence electrons. The summed E-state index contributed by atoms with van der Waals surface area (Å²) in [4.78, 5) is 18.6. The third-order valence-corrected chi connectivity index (χ3v) is 7.63. The van der Waals surface area contributed by atoms with Crippen molar-refractivity contribution >= 4 is 22.8 Å². The smallest absolute Gasteiger partial charge is 0.222 e. The molecule has 3 atom stereocenters. The van der Waals surface area contributed by atoms with Crippen LogP contribution in [0.15, 0.2) is 18.5 Å². The van der Waals surface area contributed by atoms with Crippen LogP contribution in [0, 0.1) is 11.8 Å². The van der Waals surface area contributed by atoms with E-state index in [4.69, 9.17) is 15.5 Å². The molecule has 0 unspecified atom stereocenters. The van der Waals surface area contributed by atoms with Gasteiger partial charge >= 0.3 is 0 Å². The molecular formula is C26H39N9O2. The number of nitrogens with two attached hydrogens (primary N) is 1. The Morgan fingerprint density at radius 1 is 1.14 bits per heavy atom. The van der Waals surface area contributed by atoms with Gasteiger partial charge in [0.05, 0.1) is 25.5 Å². The lowest BCUT2D eigenvalue weighted by Gasteiger charge is -2.20. The van der Waals surface area contributed by atoms with Gasteiger partial charge in [-0.15, -0.1) is 0 Å². The molecule has 4 N–H and O–H groups in total. The molecule has 2 fully saturated rings. The fourth-order valence-electron chi connectivity index (χ4n) is 5.97. The van der Waals surface area contributed by atoms with Gasteiger partial charge in [0, 0.05) is 63.2 Å². The van der Waals surface area contributed by atoms with Crippen LogP contribution < -0.4 is 15.8 Å². The molecule has 3 aromatic heterocycles. The molecule has 0 aliphatic carbocycles. The van der Waals surface area contributed by atoms with Crippen molar-refractivity contribution in [3.8, 4) is 5.75 Å². The van der Waals surface area contributed by atoms with Crippen LogP contribution >= 0.6 is 0 Å². The molecule has 5 heterocycles. The van der Waals surface area contributed by atoms with E-state index in [0.29, 0.717) is 24.3 Å². The van der Waals surface area contributed by atoms with E-state index in [-0.39, 0.29) is 18.6 Å². The number of aromatic nitrogens is 5. The molecule has 0 aromatic carbocycles. The highest BCUT2D eigenvalue weighted by Gasteiger charge is 2.38. The van der Waals surface area contributed by atoms with Crippen LogP contribution in [0.1, 0.15) is 37.4 Å². The second-order valence-electron chi connectivity index (χ2n) is 10.5. The standard InChI is InChI=1S/C26H39N9O2/c1-4-5-20(6-7-36)30-25-24-22(31-26(27)32-25)10-29-35(24)15-17-9-28-21(8-23(17)37-3)16-34-13-18-11-33(2)12-19(18)14-34/h8-10,18-20,36H,4-7,11-16H2,1-3H3,(H3,27,30,31,32)/t18-,19+,20-/m0/s1. The molecule has 0 amide bonds. The van der Waals surface area contributed by atoms with Gasteiger partial charge in [-0.25, -0.2) is 4.98 Å². The highest BCUT2D eigenvalue weighted by molar-refractivity contribution is 5.86. The van der Waals surface area contributed by atoms with Crippen molar-refractivity contribution in [2.75, 3.05) is 58.0 Å². The highest BCUT2D eigenvalue weighted by atomic mass is 16.5. The van der Waals surface area contributed by atoms with Gasteiger partial charge in [0.15, 0.2) is 5.82 Å². The summed E-state index contributed by atoms with van der Waals surface area (Å²) in [6, 6.07) is 2.13. The molecule has 0 radical (unpaired) electrons. The number of likely N-dealkylation sites (tertiary alicyclic amines) is 2. The third-order valence-electron chi connectivity index (χ3n) is 7.63. The number of nitrogens with zero attached hydrogens (tertiary/aromatic N) is 7. The van der Waals surface area contributed by atoms with Gasteiger partial charge in [0.25, 0.3) is 0 Å². The number of hydrogen-bond acceptors (Lipinski definition) is 10. The van der Waals surface area contributed by atoms with Crippen molar-refractivity contribution < 1.29 is 9.84 Å². The zero-order valence-corrected chi connectivity index (χ0v) is 22.1. The van der Waals surface area contributed by atoms with Crippen LogP contribution in [0.4, 0.5) is 11.8 Å². The van der Waals surface area contributed by atoms with Crippen molar-refractivity contribution in [2.24, 2.45) is 11.8 Å². The number of rotatable bonds is 11. The summed E-state index contributed by atoms with van der Waals surface area (Å²) in [5.41, 5.74) is 9.38. The average Bonchev–Trinajstić information content (AvgIpc) is 3.53. The van der Waals surface area contributed by atoms with Crippen LogP contribution in [-0.2, 0) is 13.1 Å². The number of hydrogen-bond donors (Lipinski definition) is 3. The molecule has 2 aliphatic heterocycles. The Balaban J connectivity index is 1.35. The molecule has 5 rings (SSSR count). The van der Waals surface area contributed by atoms with E-state index >= 15 is 0 Å². The van der Waals surface area contributed by atoms with Crippen LogP contribution in [-0.4, -0.2) is 92.6 Å². The van der Waals surface area contributed by atoms with E-state index in [2.05, 4.69) is 44.2 Å². The second-order valence-corrected chi connectivity index (χ2v) is 10.5. The maximum absolute atomic E-state index is 9.50. The zero-order chi connectivity index (χ0) is 25.9. The van der Waals surface area contributed by atoms with Crippen LogP contribution in [0.5, 0.6) is 5.75 Å². The first-order chi connectivity index (χ1) is 18.0. The Kier molecular flexibility index (Phi) is 7.73. The number of anilines is 2. The summed E-state index contributed by atoms with van der Waals surface area (Å²) >= 11 is 0. The number of aliphatic hydroxyl groups is 1. The molecular weight excluding hydrogens is 470 g/mol. The van der Waals surface area contributed by atoms with E-state index < -0.39 is 0 Å². The molecule has 11 heteroatoms. The normalized spacial score (nSPS) is 21.0. The van der Waals surface area contributed by atoms with Gasteiger partial charge in [-0.3, -0.25) is 14.6 Å². The molecule has 11 nitrogen and oxygen atoms in total. The fraction of sp³-hybridized carbons (Fsp3) is 0.615. The highest BCUT2D eigenvalue weighted by Crippen LogP contribution is 2.32.